The number of carbonyl (C=O) groups is 1. The molecule has 1 aliphatic heterocycles. The van der Waals surface area contributed by atoms with Crippen LogP contribution in [0.4, 0.5) is 0 Å². The molecule has 0 radical (unpaired) electrons. The van der Waals surface area contributed by atoms with Gasteiger partial charge in [-0.15, -0.1) is 0 Å². The molecule has 2 atom stereocenters. The number of hydrogen-bond donors (Lipinski definition) is 1. The van der Waals surface area contributed by atoms with Gasteiger partial charge < -0.3 is 4.90 Å². The van der Waals surface area contributed by atoms with E-state index in [1.54, 1.807) is 11.8 Å². The van der Waals surface area contributed by atoms with Crippen molar-refractivity contribution in [3.05, 3.63) is 0 Å². The summed E-state index contributed by atoms with van der Waals surface area (Å²) in [6.07, 6.45) is 4.30. The van der Waals surface area contributed by atoms with E-state index in [-0.39, 0.29) is 18.1 Å². The van der Waals surface area contributed by atoms with E-state index < -0.39 is 0 Å². The normalized spacial score (nSPS) is 27.4. The zero-order valence-corrected chi connectivity index (χ0v) is 10.1. The molecule has 82 valence electrons. The number of nitrogens with zero attached hydrogens (tertiary/aromatic N) is 1. The van der Waals surface area contributed by atoms with Gasteiger partial charge in [0.1, 0.15) is 0 Å². The van der Waals surface area contributed by atoms with E-state index in [4.69, 9.17) is 0 Å². The highest BCUT2D eigenvalue weighted by atomic mass is 32.2. The molecule has 0 aromatic carbocycles. The summed E-state index contributed by atoms with van der Waals surface area (Å²) in [7, 11) is 0. The number of hydrogen-bond acceptors (Lipinski definition) is 3. The Morgan fingerprint density at radius 3 is 2.86 bits per heavy atom. The molecule has 3 nitrogen and oxygen atoms in total. The molecule has 1 fully saturated rings. The van der Waals surface area contributed by atoms with Crippen molar-refractivity contribution in [2.24, 2.45) is 0 Å². The lowest BCUT2D eigenvalue weighted by Crippen LogP contribution is -2.36. The van der Waals surface area contributed by atoms with Gasteiger partial charge in [0.05, 0.1) is 12.2 Å². The lowest BCUT2D eigenvalue weighted by Gasteiger charge is -2.19. The Hall–Kier alpha value is -0.220. The van der Waals surface area contributed by atoms with E-state index in [9.17, 15) is 4.79 Å². The second-order valence-electron chi connectivity index (χ2n) is 3.71. The van der Waals surface area contributed by atoms with Crippen LogP contribution in [0.2, 0.25) is 0 Å². The summed E-state index contributed by atoms with van der Waals surface area (Å²) in [5.41, 5.74) is 0. The van der Waals surface area contributed by atoms with Crippen LogP contribution in [0.3, 0.4) is 0 Å². The van der Waals surface area contributed by atoms with Crippen molar-refractivity contribution >= 4 is 17.7 Å². The smallest absolute Gasteiger partial charge is 0.241 e. The Labute approximate surface area is 90.6 Å². The molecule has 4 heteroatoms. The number of thioether (sulfide) groups is 1. The second-order valence-corrected chi connectivity index (χ2v) is 4.69. The third-order valence-electron chi connectivity index (χ3n) is 2.60. The van der Waals surface area contributed by atoms with E-state index in [1.807, 2.05) is 4.90 Å². The molecule has 14 heavy (non-hydrogen) atoms. The predicted molar refractivity (Wildman–Crippen MR) is 61.4 cm³/mol. The van der Waals surface area contributed by atoms with Gasteiger partial charge in [0.2, 0.25) is 5.91 Å². The molecule has 1 N–H and O–H groups in total. The highest BCUT2D eigenvalue weighted by Gasteiger charge is 2.34. The first-order chi connectivity index (χ1) is 6.70. The number of rotatable bonds is 5. The molecule has 0 saturated carbocycles. The second kappa shape index (κ2) is 5.61. The third kappa shape index (κ3) is 2.64. The largest absolute Gasteiger partial charge is 0.325 e. The zero-order valence-electron chi connectivity index (χ0n) is 9.25. The van der Waals surface area contributed by atoms with Gasteiger partial charge in [-0.2, -0.15) is 11.8 Å². The molecule has 1 amide bonds. The third-order valence-corrected chi connectivity index (χ3v) is 3.20. The maximum absolute atomic E-state index is 11.9. The summed E-state index contributed by atoms with van der Waals surface area (Å²) in [6, 6.07) is 0.0665. The first-order valence-corrected chi connectivity index (χ1v) is 6.65. The summed E-state index contributed by atoms with van der Waals surface area (Å²) >= 11 is 1.79. The van der Waals surface area contributed by atoms with Crippen LogP contribution in [-0.4, -0.2) is 41.6 Å². The molecule has 0 aromatic heterocycles. The molecular weight excluding hydrogens is 196 g/mol. The molecule has 2 unspecified atom stereocenters. The number of nitrogens with one attached hydrogen (secondary N) is 1. The number of carbonyl (C=O) groups excluding carboxylic acids is 1. The Morgan fingerprint density at radius 2 is 2.29 bits per heavy atom. The predicted octanol–water partition coefficient (Wildman–Crippen LogP) is 1.30. The van der Waals surface area contributed by atoms with Crippen molar-refractivity contribution < 1.29 is 4.79 Å². The maximum Gasteiger partial charge on any atom is 0.241 e. The lowest BCUT2D eigenvalue weighted by atomic mass is 10.2. The van der Waals surface area contributed by atoms with Crippen LogP contribution in [0.15, 0.2) is 0 Å². The first kappa shape index (κ1) is 11.9. The molecular formula is C10H20N2OS. The summed E-state index contributed by atoms with van der Waals surface area (Å²) in [5, 5.41) is 3.33. The summed E-state index contributed by atoms with van der Waals surface area (Å²) in [4.78, 5) is 13.8. The van der Waals surface area contributed by atoms with Crippen LogP contribution in [0.1, 0.15) is 26.7 Å². The van der Waals surface area contributed by atoms with Crippen molar-refractivity contribution in [1.82, 2.24) is 10.2 Å². The average molecular weight is 216 g/mol. The minimum Gasteiger partial charge on any atom is -0.325 e. The summed E-state index contributed by atoms with van der Waals surface area (Å²) in [6.45, 7) is 5.05. The van der Waals surface area contributed by atoms with E-state index in [0.29, 0.717) is 0 Å². The van der Waals surface area contributed by atoms with Crippen LogP contribution in [0.25, 0.3) is 0 Å². The van der Waals surface area contributed by atoms with E-state index >= 15 is 0 Å². The highest BCUT2D eigenvalue weighted by Crippen LogP contribution is 2.14. The van der Waals surface area contributed by atoms with E-state index in [2.05, 4.69) is 25.4 Å². The molecule has 1 aliphatic rings. The average Bonchev–Trinajstić information content (AvgIpc) is 2.41. The number of amides is 1. The van der Waals surface area contributed by atoms with Gasteiger partial charge in [0.15, 0.2) is 0 Å². The molecule has 0 bridgehead atoms. The quantitative estimate of drug-likeness (QED) is 0.752. The molecule has 0 aromatic rings. The summed E-state index contributed by atoms with van der Waals surface area (Å²) < 4.78 is 0. The van der Waals surface area contributed by atoms with Gasteiger partial charge >= 0.3 is 0 Å². The van der Waals surface area contributed by atoms with Gasteiger partial charge in [0.25, 0.3) is 0 Å². The van der Waals surface area contributed by atoms with E-state index in [0.717, 1.165) is 25.1 Å². The van der Waals surface area contributed by atoms with Gasteiger partial charge in [-0.1, -0.05) is 13.3 Å². The highest BCUT2D eigenvalue weighted by molar-refractivity contribution is 7.98. The molecule has 1 heterocycles. The van der Waals surface area contributed by atoms with Gasteiger partial charge in [-0.3, -0.25) is 10.1 Å². The maximum atomic E-state index is 11.9. The molecule has 1 saturated heterocycles. The van der Waals surface area contributed by atoms with Gasteiger partial charge in [0, 0.05) is 12.3 Å². The zero-order chi connectivity index (χ0) is 10.6. The summed E-state index contributed by atoms with van der Waals surface area (Å²) in [5.74, 6) is 1.31. The Kier molecular flexibility index (Phi) is 4.75. The first-order valence-electron chi connectivity index (χ1n) is 5.26. The van der Waals surface area contributed by atoms with Crippen molar-refractivity contribution in [3.8, 4) is 0 Å². The molecule has 0 spiro atoms. The van der Waals surface area contributed by atoms with Gasteiger partial charge in [-0.25, -0.2) is 0 Å². The minimum absolute atomic E-state index is 0.0665. The molecule has 0 aliphatic carbocycles. The Balaban J connectivity index is 2.47. The van der Waals surface area contributed by atoms with Crippen LogP contribution < -0.4 is 5.32 Å². The van der Waals surface area contributed by atoms with Gasteiger partial charge in [-0.05, 0) is 19.6 Å². The fraction of sp³-hybridized carbons (Fsp3) is 0.900. The van der Waals surface area contributed by atoms with Crippen LogP contribution in [0.5, 0.6) is 0 Å². The standard InChI is InChI=1S/C10H20N2OS/c1-4-5-9-10(13)12(6-7-14-3)8(2)11-9/h8-9,11H,4-7H2,1-3H3. The Morgan fingerprint density at radius 1 is 1.57 bits per heavy atom. The lowest BCUT2D eigenvalue weighted by molar-refractivity contribution is -0.129. The van der Waals surface area contributed by atoms with Crippen molar-refractivity contribution in [3.63, 3.8) is 0 Å². The van der Waals surface area contributed by atoms with Crippen LogP contribution >= 0.6 is 11.8 Å². The minimum atomic E-state index is 0.0665. The van der Waals surface area contributed by atoms with E-state index in [1.165, 1.54) is 0 Å². The van der Waals surface area contributed by atoms with Crippen molar-refractivity contribution in [2.45, 2.75) is 38.9 Å². The van der Waals surface area contributed by atoms with Crippen LogP contribution in [-0.2, 0) is 4.79 Å². The fourth-order valence-electron chi connectivity index (χ4n) is 1.83. The van der Waals surface area contributed by atoms with Crippen molar-refractivity contribution in [2.75, 3.05) is 18.6 Å². The topological polar surface area (TPSA) is 32.3 Å². The fourth-order valence-corrected chi connectivity index (χ4v) is 2.21. The molecule has 1 rings (SSSR count). The Bertz CT molecular complexity index is 199. The van der Waals surface area contributed by atoms with Crippen LogP contribution in [0, 0.1) is 0 Å². The SMILES string of the molecule is CCCC1NC(C)N(CCSC)C1=O. The van der Waals surface area contributed by atoms with Crippen molar-refractivity contribution in [1.29, 1.82) is 0 Å². The monoisotopic (exact) mass is 216 g/mol.